The molecule has 0 spiro atoms. The van der Waals surface area contributed by atoms with E-state index in [1.165, 1.54) is 12.1 Å². The van der Waals surface area contributed by atoms with Gasteiger partial charge in [0.15, 0.2) is 0 Å². The first-order valence-corrected chi connectivity index (χ1v) is 14.8. The number of carbonyl (C=O) groups is 2. The minimum Gasteiger partial charge on any atom is -0.370 e. The molecule has 8 heteroatoms. The third-order valence-electron chi connectivity index (χ3n) is 7.06. The van der Waals surface area contributed by atoms with Crippen LogP contribution in [0.5, 0.6) is 0 Å². The fraction of sp³-hybridized carbons (Fsp3) is 0.222. The van der Waals surface area contributed by atoms with E-state index >= 15 is 0 Å². The van der Waals surface area contributed by atoms with Crippen LogP contribution >= 0.6 is 0 Å². The molecule has 0 radical (unpaired) electrons. The molecule has 44 heavy (non-hydrogen) atoms. The molecule has 0 fully saturated rings. The van der Waals surface area contributed by atoms with Crippen LogP contribution in [-0.4, -0.2) is 37.0 Å². The van der Waals surface area contributed by atoms with E-state index in [0.717, 1.165) is 11.1 Å². The molecule has 0 bridgehead atoms. The molecule has 0 aliphatic heterocycles. The summed E-state index contributed by atoms with van der Waals surface area (Å²) < 4.78 is 0. The highest BCUT2D eigenvalue weighted by Gasteiger charge is 2.21. The lowest BCUT2D eigenvalue weighted by Gasteiger charge is -2.20. The predicted octanol–water partition coefficient (Wildman–Crippen LogP) is 4.17. The monoisotopic (exact) mass is 590 g/mol. The second kappa shape index (κ2) is 17.0. The predicted molar refractivity (Wildman–Crippen MR) is 176 cm³/mol. The lowest BCUT2D eigenvalue weighted by molar-refractivity contribution is -0.122. The smallest absolute Gasteiger partial charge is 0.242 e. The number of nitrogens with one attached hydrogen (secondary N) is 4. The molecule has 4 aromatic carbocycles. The fourth-order valence-electron chi connectivity index (χ4n) is 4.71. The number of hydrogen-bond acceptors (Lipinski definition) is 6. The van der Waals surface area contributed by atoms with Crippen LogP contribution in [0.15, 0.2) is 131 Å². The van der Waals surface area contributed by atoms with Gasteiger partial charge in [0.05, 0.1) is 11.4 Å². The summed E-state index contributed by atoms with van der Waals surface area (Å²) in [5, 5.41) is 12.2. The summed E-state index contributed by atoms with van der Waals surface area (Å²) in [7, 11) is 0. The highest BCUT2D eigenvalue weighted by molar-refractivity contribution is 5.85. The van der Waals surface area contributed by atoms with Gasteiger partial charge in [-0.15, -0.1) is 0 Å². The molecule has 0 unspecified atom stereocenters. The molecule has 226 valence electrons. The summed E-state index contributed by atoms with van der Waals surface area (Å²) in [4.78, 5) is 51.3. The molecule has 0 aromatic heterocycles. The summed E-state index contributed by atoms with van der Waals surface area (Å²) in [6.07, 6.45) is 2.13. The molecule has 4 N–H and O–H groups in total. The van der Waals surface area contributed by atoms with Gasteiger partial charge in [0.2, 0.25) is 22.7 Å². The molecule has 0 saturated carbocycles. The zero-order valence-electron chi connectivity index (χ0n) is 24.6. The van der Waals surface area contributed by atoms with Gasteiger partial charge in [-0.05, 0) is 48.2 Å². The van der Waals surface area contributed by atoms with Gasteiger partial charge in [-0.3, -0.25) is 19.2 Å². The van der Waals surface area contributed by atoms with E-state index in [4.69, 9.17) is 0 Å². The molecule has 0 heterocycles. The number of amides is 2. The summed E-state index contributed by atoms with van der Waals surface area (Å²) in [5.41, 5.74) is 2.29. The normalized spacial score (nSPS) is 11.9. The van der Waals surface area contributed by atoms with Crippen LogP contribution in [0.2, 0.25) is 0 Å². The minimum absolute atomic E-state index is 0.190. The van der Waals surface area contributed by atoms with Crippen molar-refractivity contribution >= 4 is 23.2 Å². The van der Waals surface area contributed by atoms with Crippen molar-refractivity contribution in [2.75, 3.05) is 23.7 Å². The zero-order valence-corrected chi connectivity index (χ0v) is 24.6. The first-order chi connectivity index (χ1) is 21.5. The number of rotatable bonds is 15. The average molecular weight is 591 g/mol. The van der Waals surface area contributed by atoms with Gasteiger partial charge in [-0.2, -0.15) is 0 Å². The Morgan fingerprint density at radius 1 is 0.477 bits per heavy atom. The Hall–Kier alpha value is -5.24. The van der Waals surface area contributed by atoms with Crippen LogP contribution in [0.1, 0.15) is 24.0 Å². The van der Waals surface area contributed by atoms with Crippen LogP contribution in [0.25, 0.3) is 0 Å². The highest BCUT2D eigenvalue weighted by atomic mass is 16.2. The van der Waals surface area contributed by atoms with Crippen LogP contribution in [0, 0.1) is 0 Å². The summed E-state index contributed by atoms with van der Waals surface area (Å²) in [6, 6.07) is 34.7. The van der Waals surface area contributed by atoms with Crippen LogP contribution < -0.4 is 32.1 Å². The lowest BCUT2D eigenvalue weighted by Crippen LogP contribution is -2.43. The van der Waals surface area contributed by atoms with Crippen LogP contribution in [0.3, 0.4) is 0 Å². The Balaban J connectivity index is 1.29. The Morgan fingerprint density at radius 3 is 1.20 bits per heavy atom. The fourth-order valence-corrected chi connectivity index (χ4v) is 4.71. The second-order valence-electron chi connectivity index (χ2n) is 10.4. The van der Waals surface area contributed by atoms with Crippen LogP contribution in [-0.2, 0) is 22.4 Å². The van der Waals surface area contributed by atoms with Gasteiger partial charge in [0.25, 0.3) is 0 Å². The van der Waals surface area contributed by atoms with Crippen molar-refractivity contribution in [3.63, 3.8) is 0 Å². The number of carbonyl (C=O) groups excluding carboxylic acids is 2. The van der Waals surface area contributed by atoms with Crippen molar-refractivity contribution in [2.24, 2.45) is 0 Å². The van der Waals surface area contributed by atoms with Gasteiger partial charge in [-0.25, -0.2) is 0 Å². The molecule has 0 aliphatic rings. The molecule has 0 saturated heterocycles. The first-order valence-electron chi connectivity index (χ1n) is 14.8. The van der Waals surface area contributed by atoms with E-state index in [-0.39, 0.29) is 22.7 Å². The average Bonchev–Trinajstić information content (AvgIpc) is 3.37. The van der Waals surface area contributed by atoms with Gasteiger partial charge in [-0.1, -0.05) is 97.1 Å². The van der Waals surface area contributed by atoms with E-state index in [2.05, 4.69) is 21.3 Å². The largest absolute Gasteiger partial charge is 0.370 e. The number of benzene rings is 2. The third kappa shape index (κ3) is 10.2. The van der Waals surface area contributed by atoms with Crippen molar-refractivity contribution in [2.45, 2.75) is 37.8 Å². The molecular weight excluding hydrogens is 552 g/mol. The van der Waals surface area contributed by atoms with Crippen molar-refractivity contribution < 1.29 is 9.59 Å². The Bertz CT molecular complexity index is 1490. The maximum Gasteiger partial charge on any atom is 0.242 e. The summed E-state index contributed by atoms with van der Waals surface area (Å²) >= 11 is 0. The molecular formula is C36H38N4O4. The number of unbranched alkanes of at least 4 members (excludes halogenated alkanes) is 1. The number of anilines is 2. The minimum atomic E-state index is -0.636. The Labute approximate surface area is 257 Å². The topological polar surface area (TPSA) is 116 Å². The summed E-state index contributed by atoms with van der Waals surface area (Å²) in [5.74, 6) is -0.416. The first kappa shape index (κ1) is 31.7. The van der Waals surface area contributed by atoms with E-state index in [1.807, 2.05) is 60.7 Å². The standard InChI is InChI=1S/C36H38N4O4/c41-33-21-11-3-9-19-29(33)39-31(25-27-15-5-1-6-16-27)35(43)37-23-13-14-24-38-36(44)32(26-28-17-7-2-8-18-28)40-30-20-10-4-12-22-34(30)42/h1-12,15-22,31-32H,13-14,23-26H2,(H,37,43)(H,38,44)(H,39,41)(H,40,42)/t31-,32-/m0/s1. The van der Waals surface area contributed by atoms with E-state index in [9.17, 15) is 19.2 Å². The Kier molecular flexibility index (Phi) is 12.3. The molecule has 4 rings (SSSR count). The molecule has 4 aromatic rings. The summed E-state index contributed by atoms with van der Waals surface area (Å²) in [6.45, 7) is 0.834. The van der Waals surface area contributed by atoms with Crippen LogP contribution in [0.4, 0.5) is 11.4 Å². The molecule has 2 amide bonds. The van der Waals surface area contributed by atoms with E-state index < -0.39 is 12.1 Å². The SMILES string of the molecule is O=C(NCCCCNC(=O)[C@H](Cc1ccccc1)Nc1cccccc1=O)[C@H](Cc1ccccc1)Nc1cccccc1=O. The van der Waals surface area contributed by atoms with Crippen molar-refractivity contribution in [1.82, 2.24) is 10.6 Å². The maximum atomic E-state index is 13.2. The second-order valence-corrected chi connectivity index (χ2v) is 10.4. The molecule has 2 atom stereocenters. The maximum absolute atomic E-state index is 13.2. The lowest BCUT2D eigenvalue weighted by atomic mass is 10.0. The van der Waals surface area contributed by atoms with Crippen molar-refractivity contribution in [3.05, 3.63) is 153 Å². The Morgan fingerprint density at radius 2 is 0.818 bits per heavy atom. The zero-order chi connectivity index (χ0) is 31.0. The molecule has 0 aliphatic carbocycles. The highest BCUT2D eigenvalue weighted by Crippen LogP contribution is 2.10. The molecule has 8 nitrogen and oxygen atoms in total. The van der Waals surface area contributed by atoms with Gasteiger partial charge in [0.1, 0.15) is 12.1 Å². The van der Waals surface area contributed by atoms with Crippen molar-refractivity contribution in [3.8, 4) is 0 Å². The van der Waals surface area contributed by atoms with Gasteiger partial charge >= 0.3 is 0 Å². The number of hydrogen-bond donors (Lipinski definition) is 4. The van der Waals surface area contributed by atoms with E-state index in [1.54, 1.807) is 48.5 Å². The van der Waals surface area contributed by atoms with Crippen molar-refractivity contribution in [1.29, 1.82) is 0 Å². The van der Waals surface area contributed by atoms with Gasteiger partial charge in [0, 0.05) is 25.9 Å². The van der Waals surface area contributed by atoms with E-state index in [0.29, 0.717) is 50.1 Å². The quantitative estimate of drug-likeness (QED) is 0.155. The van der Waals surface area contributed by atoms with Gasteiger partial charge < -0.3 is 21.3 Å². The third-order valence-corrected chi connectivity index (χ3v) is 7.06.